The minimum absolute atomic E-state index is 0.0417. The fraction of sp³-hybridized carbons (Fsp3) is 0.105. The summed E-state index contributed by atoms with van der Waals surface area (Å²) in [7, 11) is 1.50. The van der Waals surface area contributed by atoms with Crippen LogP contribution < -0.4 is 14.8 Å². The van der Waals surface area contributed by atoms with Crippen LogP contribution in [0.15, 0.2) is 54.1 Å². The maximum atomic E-state index is 12.3. The van der Waals surface area contributed by atoms with Crippen molar-refractivity contribution in [1.29, 1.82) is 10.5 Å². The number of hydrogen-bond acceptors (Lipinski definition) is 5. The molecule has 0 spiro atoms. The highest BCUT2D eigenvalue weighted by Gasteiger charge is 2.12. The summed E-state index contributed by atoms with van der Waals surface area (Å²) in [6, 6.07) is 17.4. The Morgan fingerprint density at radius 3 is 2.52 bits per heavy atom. The van der Waals surface area contributed by atoms with Gasteiger partial charge >= 0.3 is 0 Å². The number of hydrogen-bond donors (Lipinski definition) is 1. The predicted octanol–water partition coefficient (Wildman–Crippen LogP) is 3.14. The van der Waals surface area contributed by atoms with Crippen molar-refractivity contribution in [2.75, 3.05) is 19.0 Å². The Morgan fingerprint density at radius 2 is 1.88 bits per heavy atom. The number of nitrogens with zero attached hydrogens (tertiary/aromatic N) is 2. The lowest BCUT2D eigenvalue weighted by molar-refractivity contribution is -0.112. The van der Waals surface area contributed by atoms with Gasteiger partial charge in [0.05, 0.1) is 12.8 Å². The van der Waals surface area contributed by atoms with Gasteiger partial charge in [0.25, 0.3) is 5.91 Å². The minimum Gasteiger partial charge on any atom is -0.495 e. The molecule has 2 aromatic rings. The molecule has 6 heteroatoms. The summed E-state index contributed by atoms with van der Waals surface area (Å²) in [6.07, 6.45) is 1.47. The molecule has 0 aliphatic rings. The Morgan fingerprint density at radius 1 is 1.16 bits per heavy atom. The summed E-state index contributed by atoms with van der Waals surface area (Å²) in [6.45, 7) is -0.0417. The summed E-state index contributed by atoms with van der Waals surface area (Å²) in [5.41, 5.74) is 1.10. The van der Waals surface area contributed by atoms with Crippen LogP contribution in [0.1, 0.15) is 5.56 Å². The van der Waals surface area contributed by atoms with Gasteiger partial charge in [-0.3, -0.25) is 4.79 Å². The van der Waals surface area contributed by atoms with Gasteiger partial charge in [0.1, 0.15) is 29.2 Å². The smallest absolute Gasteiger partial charge is 0.266 e. The van der Waals surface area contributed by atoms with Crippen molar-refractivity contribution in [3.63, 3.8) is 0 Å². The number of carbonyl (C=O) groups is 1. The molecule has 0 fully saturated rings. The molecule has 6 nitrogen and oxygen atoms in total. The van der Waals surface area contributed by atoms with Gasteiger partial charge in [0, 0.05) is 0 Å². The highest BCUT2D eigenvalue weighted by molar-refractivity contribution is 6.10. The molecule has 124 valence electrons. The summed E-state index contributed by atoms with van der Waals surface area (Å²) < 4.78 is 10.3. The molecule has 0 aliphatic carbocycles. The van der Waals surface area contributed by atoms with Crippen LogP contribution in [0.2, 0.25) is 0 Å². The number of nitriles is 2. The first-order valence-corrected chi connectivity index (χ1v) is 7.34. The second kappa shape index (κ2) is 8.76. The van der Waals surface area contributed by atoms with E-state index in [0.717, 1.165) is 0 Å². The first-order valence-electron chi connectivity index (χ1n) is 7.34. The average molecular weight is 333 g/mol. The van der Waals surface area contributed by atoms with Crippen molar-refractivity contribution in [2.24, 2.45) is 0 Å². The largest absolute Gasteiger partial charge is 0.495 e. The standard InChI is InChI=1S/C19H15N3O3/c1-24-18-5-3-2-4-17(18)22-19(23)15(13-21)12-14-6-8-16(9-7-14)25-11-10-20/h2-9,12H,11H2,1H3,(H,22,23)/b15-12+. The average Bonchev–Trinajstić information content (AvgIpc) is 2.65. The van der Waals surface area contributed by atoms with E-state index in [-0.39, 0.29) is 12.2 Å². The second-order valence-electron chi connectivity index (χ2n) is 4.84. The lowest BCUT2D eigenvalue weighted by atomic mass is 10.1. The zero-order valence-electron chi connectivity index (χ0n) is 13.5. The molecule has 1 amide bonds. The van der Waals surface area contributed by atoms with E-state index in [0.29, 0.717) is 22.7 Å². The number of para-hydroxylation sites is 2. The molecular weight excluding hydrogens is 318 g/mol. The van der Waals surface area contributed by atoms with E-state index in [9.17, 15) is 10.1 Å². The number of ether oxygens (including phenoxy) is 2. The van der Waals surface area contributed by atoms with E-state index >= 15 is 0 Å². The van der Waals surface area contributed by atoms with Crippen LogP contribution in [0.25, 0.3) is 6.08 Å². The molecule has 0 saturated carbocycles. The third-order valence-electron chi connectivity index (χ3n) is 3.21. The second-order valence-corrected chi connectivity index (χ2v) is 4.84. The van der Waals surface area contributed by atoms with Gasteiger partial charge in [0.2, 0.25) is 0 Å². The molecular formula is C19H15N3O3. The van der Waals surface area contributed by atoms with Gasteiger partial charge < -0.3 is 14.8 Å². The van der Waals surface area contributed by atoms with E-state index in [2.05, 4.69) is 5.32 Å². The molecule has 2 rings (SSSR count). The van der Waals surface area contributed by atoms with Gasteiger partial charge in [-0.2, -0.15) is 10.5 Å². The topological polar surface area (TPSA) is 95.1 Å². The maximum Gasteiger partial charge on any atom is 0.266 e. The van der Waals surface area contributed by atoms with Crippen molar-refractivity contribution in [1.82, 2.24) is 0 Å². The molecule has 0 unspecified atom stereocenters. The number of carbonyl (C=O) groups excluding carboxylic acids is 1. The van der Waals surface area contributed by atoms with Crippen molar-refractivity contribution in [2.45, 2.75) is 0 Å². The Balaban J connectivity index is 2.15. The lowest BCUT2D eigenvalue weighted by Crippen LogP contribution is -2.14. The molecule has 0 aliphatic heterocycles. The van der Waals surface area contributed by atoms with Crippen LogP contribution in [-0.2, 0) is 4.79 Å². The molecule has 0 aromatic heterocycles. The summed E-state index contributed by atoms with van der Waals surface area (Å²) >= 11 is 0. The lowest BCUT2D eigenvalue weighted by Gasteiger charge is -2.09. The molecule has 0 bridgehead atoms. The van der Waals surface area contributed by atoms with Crippen LogP contribution in [-0.4, -0.2) is 19.6 Å². The molecule has 0 radical (unpaired) electrons. The summed E-state index contributed by atoms with van der Waals surface area (Å²) in [5.74, 6) is 0.514. The molecule has 25 heavy (non-hydrogen) atoms. The summed E-state index contributed by atoms with van der Waals surface area (Å²) in [4.78, 5) is 12.3. The first kappa shape index (κ1) is 17.6. The van der Waals surface area contributed by atoms with Crippen LogP contribution in [0.3, 0.4) is 0 Å². The zero-order chi connectivity index (χ0) is 18.1. The highest BCUT2D eigenvalue weighted by atomic mass is 16.5. The fourth-order valence-electron chi connectivity index (χ4n) is 2.03. The molecule has 2 aromatic carbocycles. The molecule has 0 heterocycles. The normalized spacial score (nSPS) is 10.3. The quantitative estimate of drug-likeness (QED) is 0.647. The third-order valence-corrected chi connectivity index (χ3v) is 3.21. The van der Waals surface area contributed by atoms with Crippen LogP contribution in [0.5, 0.6) is 11.5 Å². The van der Waals surface area contributed by atoms with Crippen molar-refractivity contribution in [3.05, 3.63) is 59.7 Å². The van der Waals surface area contributed by atoms with E-state index < -0.39 is 5.91 Å². The first-order chi connectivity index (χ1) is 12.2. The monoisotopic (exact) mass is 333 g/mol. The maximum absolute atomic E-state index is 12.3. The van der Waals surface area contributed by atoms with Crippen molar-refractivity contribution in [3.8, 4) is 23.6 Å². The highest BCUT2D eigenvalue weighted by Crippen LogP contribution is 2.24. The van der Waals surface area contributed by atoms with E-state index in [1.807, 2.05) is 12.1 Å². The minimum atomic E-state index is -0.531. The molecule has 0 atom stereocenters. The molecule has 1 N–H and O–H groups in total. The van der Waals surface area contributed by atoms with Crippen LogP contribution >= 0.6 is 0 Å². The Labute approximate surface area is 145 Å². The van der Waals surface area contributed by atoms with Gasteiger partial charge in [-0.1, -0.05) is 24.3 Å². The number of rotatable bonds is 6. The van der Waals surface area contributed by atoms with Crippen molar-refractivity contribution >= 4 is 17.7 Å². The van der Waals surface area contributed by atoms with E-state index in [4.69, 9.17) is 14.7 Å². The number of methoxy groups -OCH3 is 1. The van der Waals surface area contributed by atoms with Crippen LogP contribution in [0, 0.1) is 22.7 Å². The Kier molecular flexibility index (Phi) is 6.16. The van der Waals surface area contributed by atoms with Gasteiger partial charge in [-0.15, -0.1) is 0 Å². The number of anilines is 1. The number of benzene rings is 2. The zero-order valence-corrected chi connectivity index (χ0v) is 13.5. The third kappa shape index (κ3) is 4.85. The SMILES string of the molecule is COc1ccccc1NC(=O)/C(C#N)=C/c1ccc(OCC#N)cc1. The number of nitrogens with one attached hydrogen (secondary N) is 1. The number of amides is 1. The van der Waals surface area contributed by atoms with E-state index in [1.165, 1.54) is 13.2 Å². The molecule has 0 saturated heterocycles. The van der Waals surface area contributed by atoms with Gasteiger partial charge in [-0.25, -0.2) is 0 Å². The van der Waals surface area contributed by atoms with Gasteiger partial charge in [-0.05, 0) is 35.9 Å². The fourth-order valence-corrected chi connectivity index (χ4v) is 2.03. The Hall–Kier alpha value is -3.77. The van der Waals surface area contributed by atoms with Crippen LogP contribution in [0.4, 0.5) is 5.69 Å². The predicted molar refractivity (Wildman–Crippen MR) is 92.8 cm³/mol. The van der Waals surface area contributed by atoms with E-state index in [1.54, 1.807) is 48.5 Å². The Bertz CT molecular complexity index is 859. The summed E-state index contributed by atoms with van der Waals surface area (Å²) in [5, 5.41) is 20.4. The van der Waals surface area contributed by atoms with Crippen molar-refractivity contribution < 1.29 is 14.3 Å². The van der Waals surface area contributed by atoms with Gasteiger partial charge in [0.15, 0.2) is 6.61 Å².